The number of aromatic amines is 1. The largest absolute Gasteiger partial charge is 0.361 e. The maximum Gasteiger partial charge on any atom is 0.255 e. The summed E-state index contributed by atoms with van der Waals surface area (Å²) in [6, 6.07) is 7.84. The maximum absolute atomic E-state index is 12.3. The molecule has 1 aromatic carbocycles. The molecule has 1 aliphatic rings. The van der Waals surface area contributed by atoms with E-state index in [4.69, 9.17) is 0 Å². The second-order valence-corrected chi connectivity index (χ2v) is 4.88. The Kier molecular flexibility index (Phi) is 2.39. The second-order valence-electron chi connectivity index (χ2n) is 4.88. The molecule has 1 fully saturated rings. The number of hydrogen-bond donors (Lipinski definition) is 1. The molecular weight excluding hydrogens is 212 g/mol. The molecule has 3 rings (SSSR count). The zero-order valence-electron chi connectivity index (χ0n) is 9.94. The number of para-hydroxylation sites is 1. The summed E-state index contributed by atoms with van der Waals surface area (Å²) >= 11 is 0. The third-order valence-corrected chi connectivity index (χ3v) is 3.39. The number of amides is 1. The first kappa shape index (κ1) is 10.4. The average molecular weight is 228 g/mol. The van der Waals surface area contributed by atoms with Crippen molar-refractivity contribution in [1.82, 2.24) is 9.88 Å². The van der Waals surface area contributed by atoms with Crippen LogP contribution in [0.1, 0.15) is 23.2 Å². The lowest BCUT2D eigenvalue weighted by Crippen LogP contribution is -2.28. The molecule has 0 atom stereocenters. The highest BCUT2D eigenvalue weighted by atomic mass is 16.2. The van der Waals surface area contributed by atoms with Crippen LogP contribution in [0.4, 0.5) is 0 Å². The highest BCUT2D eigenvalue weighted by Crippen LogP contribution is 2.30. The van der Waals surface area contributed by atoms with Gasteiger partial charge in [0.05, 0.1) is 11.1 Å². The van der Waals surface area contributed by atoms with Gasteiger partial charge in [-0.3, -0.25) is 4.79 Å². The average Bonchev–Trinajstić information content (AvgIpc) is 3.01. The minimum atomic E-state index is 0.116. The summed E-state index contributed by atoms with van der Waals surface area (Å²) in [7, 11) is 1.89. The summed E-state index contributed by atoms with van der Waals surface area (Å²) in [6.45, 7) is 0.885. The van der Waals surface area contributed by atoms with Gasteiger partial charge >= 0.3 is 0 Å². The van der Waals surface area contributed by atoms with Gasteiger partial charge in [-0.25, -0.2) is 0 Å². The zero-order valence-corrected chi connectivity index (χ0v) is 9.94. The van der Waals surface area contributed by atoms with E-state index >= 15 is 0 Å². The monoisotopic (exact) mass is 228 g/mol. The van der Waals surface area contributed by atoms with Crippen molar-refractivity contribution in [3.63, 3.8) is 0 Å². The van der Waals surface area contributed by atoms with E-state index < -0.39 is 0 Å². The smallest absolute Gasteiger partial charge is 0.255 e. The predicted octanol–water partition coefficient (Wildman–Crippen LogP) is 2.65. The summed E-state index contributed by atoms with van der Waals surface area (Å²) < 4.78 is 0. The number of H-pyrrole nitrogens is 1. The third-order valence-electron chi connectivity index (χ3n) is 3.39. The number of carbonyl (C=O) groups excluding carboxylic acids is 1. The molecule has 0 spiro atoms. The van der Waals surface area contributed by atoms with E-state index in [1.165, 1.54) is 12.8 Å². The standard InChI is InChI=1S/C14H16N2O/c1-16(9-10-5-6-10)14(17)12-4-2-3-11-7-8-15-13(11)12/h2-4,7-8,10,15H,5-6,9H2,1H3. The third kappa shape index (κ3) is 1.93. The first-order valence-corrected chi connectivity index (χ1v) is 6.07. The lowest BCUT2D eigenvalue weighted by atomic mass is 10.1. The number of rotatable bonds is 3. The molecule has 0 radical (unpaired) electrons. The fourth-order valence-electron chi connectivity index (χ4n) is 2.24. The minimum Gasteiger partial charge on any atom is -0.361 e. The SMILES string of the molecule is CN(CC1CC1)C(=O)c1cccc2cc[nH]c12. The van der Waals surface area contributed by atoms with Crippen molar-refractivity contribution < 1.29 is 4.79 Å². The highest BCUT2D eigenvalue weighted by molar-refractivity contribution is 6.05. The van der Waals surface area contributed by atoms with E-state index in [1.807, 2.05) is 42.4 Å². The van der Waals surface area contributed by atoms with E-state index in [-0.39, 0.29) is 5.91 Å². The van der Waals surface area contributed by atoms with Gasteiger partial charge in [-0.05, 0) is 30.9 Å². The Bertz CT molecular complexity index is 554. The normalized spacial score (nSPS) is 15.1. The Morgan fingerprint density at radius 2 is 2.24 bits per heavy atom. The number of nitrogens with one attached hydrogen (secondary N) is 1. The highest BCUT2D eigenvalue weighted by Gasteiger charge is 2.25. The minimum absolute atomic E-state index is 0.116. The molecule has 88 valence electrons. The first-order valence-electron chi connectivity index (χ1n) is 6.07. The van der Waals surface area contributed by atoms with Gasteiger partial charge in [0.25, 0.3) is 5.91 Å². The van der Waals surface area contributed by atoms with Crippen LogP contribution in [0.5, 0.6) is 0 Å². The van der Waals surface area contributed by atoms with Crippen molar-refractivity contribution in [1.29, 1.82) is 0 Å². The van der Waals surface area contributed by atoms with Crippen LogP contribution in [0.3, 0.4) is 0 Å². The molecular formula is C14H16N2O. The van der Waals surface area contributed by atoms with Gasteiger partial charge < -0.3 is 9.88 Å². The molecule has 1 heterocycles. The van der Waals surface area contributed by atoms with Crippen LogP contribution in [0, 0.1) is 5.92 Å². The number of aromatic nitrogens is 1. The quantitative estimate of drug-likeness (QED) is 0.861. The van der Waals surface area contributed by atoms with Crippen molar-refractivity contribution in [2.75, 3.05) is 13.6 Å². The van der Waals surface area contributed by atoms with Crippen LogP contribution in [-0.4, -0.2) is 29.4 Å². The lowest BCUT2D eigenvalue weighted by Gasteiger charge is -2.17. The molecule has 0 aliphatic heterocycles. The van der Waals surface area contributed by atoms with E-state index in [2.05, 4.69) is 4.98 Å². The van der Waals surface area contributed by atoms with Crippen molar-refractivity contribution in [3.8, 4) is 0 Å². The van der Waals surface area contributed by atoms with Gasteiger partial charge in [-0.1, -0.05) is 12.1 Å². The summed E-state index contributed by atoms with van der Waals surface area (Å²) in [5.74, 6) is 0.844. The van der Waals surface area contributed by atoms with Crippen molar-refractivity contribution in [2.24, 2.45) is 5.92 Å². The van der Waals surface area contributed by atoms with Gasteiger partial charge in [0, 0.05) is 25.2 Å². The Morgan fingerprint density at radius 1 is 1.41 bits per heavy atom. The Balaban J connectivity index is 1.91. The molecule has 0 unspecified atom stereocenters. The number of nitrogens with zero attached hydrogens (tertiary/aromatic N) is 1. The van der Waals surface area contributed by atoms with Crippen molar-refractivity contribution >= 4 is 16.8 Å². The molecule has 1 aliphatic carbocycles. The van der Waals surface area contributed by atoms with Gasteiger partial charge in [0.15, 0.2) is 0 Å². The molecule has 1 amide bonds. The first-order chi connectivity index (χ1) is 8.25. The molecule has 1 saturated carbocycles. The molecule has 2 aromatic rings. The fraction of sp³-hybridized carbons (Fsp3) is 0.357. The lowest BCUT2D eigenvalue weighted by molar-refractivity contribution is 0.0790. The van der Waals surface area contributed by atoms with E-state index in [9.17, 15) is 4.79 Å². The van der Waals surface area contributed by atoms with Gasteiger partial charge in [-0.15, -0.1) is 0 Å². The molecule has 0 bridgehead atoms. The van der Waals surface area contributed by atoms with E-state index in [0.29, 0.717) is 0 Å². The molecule has 3 nitrogen and oxygen atoms in total. The zero-order chi connectivity index (χ0) is 11.8. The molecule has 17 heavy (non-hydrogen) atoms. The number of benzene rings is 1. The Morgan fingerprint density at radius 3 is 3.00 bits per heavy atom. The summed E-state index contributed by atoms with van der Waals surface area (Å²) in [5, 5.41) is 1.09. The summed E-state index contributed by atoms with van der Waals surface area (Å²) in [5.41, 5.74) is 1.72. The Hall–Kier alpha value is -1.77. The Labute approximate surface area is 100 Å². The van der Waals surface area contributed by atoms with E-state index in [1.54, 1.807) is 0 Å². The topological polar surface area (TPSA) is 36.1 Å². The van der Waals surface area contributed by atoms with Crippen LogP contribution >= 0.6 is 0 Å². The van der Waals surface area contributed by atoms with Crippen LogP contribution in [0.15, 0.2) is 30.5 Å². The molecule has 3 heteroatoms. The summed E-state index contributed by atoms with van der Waals surface area (Å²) in [6.07, 6.45) is 4.41. The molecule has 1 aromatic heterocycles. The van der Waals surface area contributed by atoms with E-state index in [0.717, 1.165) is 28.9 Å². The molecule has 0 saturated heterocycles. The fourth-order valence-corrected chi connectivity index (χ4v) is 2.24. The van der Waals surface area contributed by atoms with Crippen LogP contribution in [0.25, 0.3) is 10.9 Å². The maximum atomic E-state index is 12.3. The van der Waals surface area contributed by atoms with Gasteiger partial charge in [0.1, 0.15) is 0 Å². The van der Waals surface area contributed by atoms with Gasteiger partial charge in [0.2, 0.25) is 0 Å². The summed E-state index contributed by atoms with van der Waals surface area (Å²) in [4.78, 5) is 17.3. The second kappa shape index (κ2) is 3.91. The van der Waals surface area contributed by atoms with Crippen LogP contribution in [0.2, 0.25) is 0 Å². The van der Waals surface area contributed by atoms with Gasteiger partial charge in [-0.2, -0.15) is 0 Å². The predicted molar refractivity (Wildman–Crippen MR) is 68.0 cm³/mol. The number of carbonyl (C=O) groups is 1. The number of fused-ring (bicyclic) bond motifs is 1. The van der Waals surface area contributed by atoms with Crippen LogP contribution < -0.4 is 0 Å². The van der Waals surface area contributed by atoms with Crippen molar-refractivity contribution in [3.05, 3.63) is 36.0 Å². The number of hydrogen-bond acceptors (Lipinski definition) is 1. The van der Waals surface area contributed by atoms with Crippen molar-refractivity contribution in [2.45, 2.75) is 12.8 Å². The molecule has 1 N–H and O–H groups in total. The van der Waals surface area contributed by atoms with Crippen LogP contribution in [-0.2, 0) is 0 Å².